The monoisotopic (exact) mass is 2180 g/mol. The van der Waals surface area contributed by atoms with Crippen LogP contribution in [0.4, 0.5) is 0 Å². The maximum Gasteiger partial charge on any atom is 0.337 e. The Hall–Kier alpha value is -8.83. The van der Waals surface area contributed by atoms with Crippen LogP contribution in [-0.2, 0) is 98.6 Å². The highest BCUT2D eigenvalue weighted by Crippen LogP contribution is 2.58. The largest absolute Gasteiger partial charge is 0.400 e. The average Bonchev–Trinajstić information content (AvgIpc) is 1.37. The second-order valence-corrected chi connectivity index (χ2v) is 51.1. The Morgan fingerprint density at radius 1 is 0.469 bits per heavy atom. The summed E-state index contributed by atoms with van der Waals surface area (Å²) in [4.78, 5) is 140. The first-order chi connectivity index (χ1) is 71.6. The predicted octanol–water partition coefficient (Wildman–Crippen LogP) is 5.45. The number of methoxy groups -OCH3 is 5. The van der Waals surface area contributed by atoms with Gasteiger partial charge in [0, 0.05) is 149 Å². The fraction of sp³-hybridized carbons (Fsp3) is 0.619. The summed E-state index contributed by atoms with van der Waals surface area (Å²) in [5, 5.41) is 29.2. The Labute approximate surface area is 868 Å². The molecule has 5 aliphatic rings. The van der Waals surface area contributed by atoms with Gasteiger partial charge in [-0.3, -0.25) is 76.3 Å². The number of aldehydes is 1. The van der Waals surface area contributed by atoms with Crippen molar-refractivity contribution in [3.05, 3.63) is 236 Å². The van der Waals surface area contributed by atoms with Gasteiger partial charge in [-0.05, 0) is 96.3 Å². The zero-order valence-electron chi connectivity index (χ0n) is 93.2. The van der Waals surface area contributed by atoms with E-state index in [-0.39, 0.29) is 79.9 Å². The topological polar surface area (TPSA) is 580 Å². The van der Waals surface area contributed by atoms with E-state index in [0.717, 1.165) is 0 Å². The summed E-state index contributed by atoms with van der Waals surface area (Å²) < 4.78 is 165. The van der Waals surface area contributed by atoms with Crippen molar-refractivity contribution in [3.63, 3.8) is 0 Å². The van der Waals surface area contributed by atoms with Crippen LogP contribution in [0.1, 0.15) is 125 Å². The summed E-state index contributed by atoms with van der Waals surface area (Å²) in [5.74, 6) is 1.21. The maximum absolute atomic E-state index is 12.3. The number of halogens is 1. The molecule has 5 fully saturated rings. The quantitative estimate of drug-likeness (QED) is 0.00595. The van der Waals surface area contributed by atoms with Crippen molar-refractivity contribution < 1.29 is 123 Å². The van der Waals surface area contributed by atoms with Crippen molar-refractivity contribution in [2.24, 2.45) is 23.7 Å². The first-order valence-corrected chi connectivity index (χ1v) is 56.7. The molecule has 5 aromatic heterocycles. The van der Waals surface area contributed by atoms with E-state index in [4.69, 9.17) is 89.1 Å². The lowest BCUT2D eigenvalue weighted by molar-refractivity contribution is -0.122. The van der Waals surface area contributed by atoms with Gasteiger partial charge in [0.05, 0.1) is 104 Å². The first kappa shape index (κ1) is 123. The Morgan fingerprint density at radius 3 is 1.03 bits per heavy atom. The number of hydrogen-bond donors (Lipinski definition) is 9. The van der Waals surface area contributed by atoms with Crippen LogP contribution in [0, 0.1) is 71.1 Å². The van der Waals surface area contributed by atoms with E-state index in [2.05, 4.69) is 120 Å². The number of ether oxygens (including phenoxy) is 15. The van der Waals surface area contributed by atoms with Gasteiger partial charge < -0.3 is 114 Å². The number of aryl methyl sites for hydroxylation is 5. The minimum absolute atomic E-state index is 0.00694. The molecule has 10 heterocycles. The predicted molar refractivity (Wildman–Crippen MR) is 559 cm³/mol. The lowest BCUT2D eigenvalue weighted by atomic mass is 10.0. The number of benzene rings is 2. The molecule has 0 aliphatic carbocycles. The number of H-pyrrole nitrogens is 5. The van der Waals surface area contributed by atoms with Crippen LogP contribution in [0.5, 0.6) is 0 Å². The summed E-state index contributed by atoms with van der Waals surface area (Å²) in [7, 11) is 3.00. The van der Waals surface area contributed by atoms with Gasteiger partial charge in [0.15, 0.2) is 31.1 Å². The lowest BCUT2D eigenvalue weighted by Crippen LogP contribution is -2.59. The maximum atomic E-state index is 12.3. The minimum atomic E-state index is -3.07. The van der Waals surface area contributed by atoms with Gasteiger partial charge in [0.25, 0.3) is 27.8 Å². The molecule has 0 radical (unpaired) electrons. The fourth-order valence-corrected chi connectivity index (χ4v) is 24.5. The van der Waals surface area contributed by atoms with Crippen LogP contribution in [0.2, 0.25) is 5.04 Å². The third-order valence-electron chi connectivity index (χ3n) is 23.4. The standard InChI is InChI=1S/C17H27N2O6P.C16H19ClSi.C14H22N2O6.C14H20N2O6.C14H22N2O5.C13H20N2O6.C5H14O4P2.C2H2.2CH4O/c1-11-10-19(17(21)18-15(11)20)16-14(24-8-7-23-3)12(2)13(25-16)6-9-26(4,5)22;1-16(2,3)18(17,14-10-6-4-7-11-14)15-12-8-5-9-13-15;2*1-8-6-16(14(19)15-12(8)18)13-11(21-5-4-20-3)9(2)10(7-17)22-13;1-8-7-16(14(18)15-12(8)17)13-11(20-6-5-19-4)9(2)10(3)21-13;1-7-6-15(13(18)14-11(7)17)12-10(20-5-4-19-3)9(16)8(2)21-12;1-8-11(7,9-2)5-10(3,4)6;3*1-2/h6,9-10,12-14,16H,7-8H2,1-5H3,(H,18,20,21);4-13H,1-3H3;6,9-11,13,17H,4-5,7H2,1-3H3,(H,15,18,19);6-7,9-11,13H,4-5H2,1-3H3,(H,15,18,19);7,9-11,13H,5-6H2,1-4H3,(H,15,17,18);6,8-10,12,16H,4-5H2,1-3H3,(H,14,17,18);5H2,1-4H3;1-2H;2*2H,1H3/b9-6+;;;;;;;;;/t12-,13-,14-,16-;;3*9-,10-,11-,13-;8-,9-,10-,12-;;;;/m1.1111..../s1/i;;;;3D;2D;;1D;2*2T. The number of rotatable bonds is 35. The molecule has 828 valence electrons. The number of carbonyl (C=O) groups excluding carboxylic acids is 1. The molecule has 0 spiro atoms. The third kappa shape index (κ3) is 38.5. The summed E-state index contributed by atoms with van der Waals surface area (Å²) in [5.41, 5.74) is -3.17. The highest BCUT2D eigenvalue weighted by molar-refractivity contribution is 7.75. The summed E-state index contributed by atoms with van der Waals surface area (Å²) in [6.45, 7) is 32.1. The number of aliphatic hydroxyl groups excluding tert-OH is 4. The van der Waals surface area contributed by atoms with E-state index < -0.39 is 165 Å². The van der Waals surface area contributed by atoms with Crippen LogP contribution < -0.4 is 66.6 Å². The number of carbonyl (C=O) groups is 1. The van der Waals surface area contributed by atoms with Gasteiger partial charge in [-0.25, -0.2) is 24.0 Å². The number of hydrogen-bond acceptors (Lipinski definition) is 35. The van der Waals surface area contributed by atoms with Crippen molar-refractivity contribution in [1.82, 2.24) is 47.8 Å². The zero-order chi connectivity index (χ0) is 115. The Morgan fingerprint density at radius 2 is 0.748 bits per heavy atom. The molecule has 0 amide bonds. The van der Waals surface area contributed by atoms with Crippen LogP contribution in [-0.4, -0.2) is 321 Å². The van der Waals surface area contributed by atoms with Crippen LogP contribution in [0.3, 0.4) is 0 Å². The molecule has 5 saturated heterocycles. The van der Waals surface area contributed by atoms with Gasteiger partial charge in [-0.1, -0.05) is 115 Å². The number of terminal acetylenes is 1. The molecule has 0 unspecified atom stereocenters. The normalized spacial score (nSPS) is 24.4. The van der Waals surface area contributed by atoms with Crippen molar-refractivity contribution in [3.8, 4) is 12.8 Å². The van der Waals surface area contributed by atoms with E-state index in [9.17, 15) is 76.6 Å². The molecule has 45 nitrogen and oxygen atoms in total. The van der Waals surface area contributed by atoms with Crippen molar-refractivity contribution in [2.45, 2.75) is 200 Å². The van der Waals surface area contributed by atoms with Crippen LogP contribution in [0.25, 0.3) is 0 Å². The molecule has 20 atom stereocenters. The van der Waals surface area contributed by atoms with Crippen molar-refractivity contribution in [1.29, 1.82) is 2.86 Å². The molecule has 5 aliphatic heterocycles. The second-order valence-electron chi connectivity index (χ2n) is 36.1. The van der Waals surface area contributed by atoms with Gasteiger partial charge in [0.2, 0.25) is 10.2 Å². The second kappa shape index (κ2) is 64.1. The highest BCUT2D eigenvalue weighted by Gasteiger charge is 2.50. The molecular weight excluding hydrogens is 2020 g/mol. The van der Waals surface area contributed by atoms with Crippen molar-refractivity contribution >= 4 is 57.0 Å². The zero-order valence-corrected chi connectivity index (χ0v) is 92.7. The Bertz CT molecular complexity index is 5860. The molecule has 50 heteroatoms. The van der Waals surface area contributed by atoms with E-state index in [1.54, 1.807) is 102 Å². The molecule has 147 heavy (non-hydrogen) atoms. The molecule has 12 rings (SSSR count). The number of nitrogens with one attached hydrogen (secondary N) is 5. The van der Waals surface area contributed by atoms with E-state index in [1.807, 2.05) is 39.8 Å². The Kier molecular flexibility index (Phi) is 53.8. The molecular formula is C97H154ClN10O35P3Si. The number of nitrogens with zero attached hydrogens (tertiary/aromatic N) is 5. The summed E-state index contributed by atoms with van der Waals surface area (Å²) in [6.07, 6.45) is 5.50. The first-order valence-electron chi connectivity index (χ1n) is 49.2. The smallest absolute Gasteiger partial charge is 0.337 e. The minimum Gasteiger partial charge on any atom is -0.400 e. The van der Waals surface area contributed by atoms with Gasteiger partial charge in [0.1, 0.15) is 63.4 Å². The van der Waals surface area contributed by atoms with E-state index in [1.165, 1.54) is 106 Å². The SMILES string of the molecule is CC(C)(C)[Si](Cl)(c1ccccc1)c1ccccc1.COCCO[C@@H]1[C@H](C)[C@@H](/C=C/P(C)(C)=O)O[C@H]1n1cc(C)c(=O)[nH]c1=O.COCCO[C@@H]1[C@H](C)[C@@H](C=O)O[C@H]1n1cc(C)c(=O)[nH]c1=O.COCCO[C@@H]1[C@H](C)[C@@H](CO)O[C@H]1n1cc(C)c(=O)[nH]c1=O.COP(=O)(CP(C)(C)=O)OC.[2H]C#C.[2H]C[C@H]1O[C@@H](n2cc(C)c(=O)[nH]c2=O)[C@H](OCCOC)[C@@H]1C.[2H]C[C@H]1O[C@@H](n2cc(C)c(=O)[nH]c2=O)[C@H](OCCOC)[C@@H]1O.[3H]OC.[3H]OC. The Balaban J connectivity index is 0.000000452. The van der Waals surface area contributed by atoms with E-state index >= 15 is 0 Å². The van der Waals surface area contributed by atoms with Crippen LogP contribution >= 0.6 is 33.0 Å². The molecule has 7 aromatic rings. The molecule has 0 saturated carbocycles. The summed E-state index contributed by atoms with van der Waals surface area (Å²) in [6, 6.07) is 21.1. The van der Waals surface area contributed by atoms with Gasteiger partial charge >= 0.3 is 36.0 Å². The number of aromatic amines is 5. The van der Waals surface area contributed by atoms with Crippen LogP contribution in [0.15, 0.2) is 151 Å². The van der Waals surface area contributed by atoms with E-state index in [0.29, 0.717) is 93.6 Å². The van der Waals surface area contributed by atoms with Crippen molar-refractivity contribution in [2.75, 3.05) is 169 Å². The number of aromatic nitrogens is 10. The fourth-order valence-electron chi connectivity index (χ4n) is 15.3. The van der Waals surface area contributed by atoms with Gasteiger partial charge in [-0.15, -0.1) is 12.8 Å². The van der Waals surface area contributed by atoms with Gasteiger partial charge in [-0.2, -0.15) is 11.1 Å². The number of aliphatic hydroxyl groups is 4. The molecule has 9 N–H and O–H groups in total. The third-order valence-corrected chi connectivity index (χ3v) is 36.9. The molecule has 2 aromatic carbocycles. The molecule has 0 bridgehead atoms. The average molecular weight is 2180 g/mol. The summed E-state index contributed by atoms with van der Waals surface area (Å²) >= 11 is 7.21. The lowest BCUT2D eigenvalue weighted by Gasteiger charge is -2.38. The highest BCUT2D eigenvalue weighted by atomic mass is 35.6.